The molecule has 1 amide bonds. The van der Waals surface area contributed by atoms with Gasteiger partial charge in [-0.25, -0.2) is 0 Å². The topological polar surface area (TPSA) is 94.7 Å². The lowest BCUT2D eigenvalue weighted by atomic mass is 9.95. The maximum atomic E-state index is 13.0. The second-order valence-corrected chi connectivity index (χ2v) is 11.7. The molecule has 0 bridgehead atoms. The summed E-state index contributed by atoms with van der Waals surface area (Å²) in [4.78, 5) is 29.3. The number of amides is 1. The molecule has 0 saturated carbocycles. The number of phenolic OH excluding ortho intramolecular Hbond substituents is 1. The van der Waals surface area contributed by atoms with E-state index >= 15 is 0 Å². The number of aromatic hydroxyl groups is 1. The van der Waals surface area contributed by atoms with E-state index in [9.17, 15) is 14.7 Å². The molecule has 3 N–H and O–H groups in total. The lowest BCUT2D eigenvalue weighted by Gasteiger charge is -2.30. The van der Waals surface area contributed by atoms with E-state index in [-0.39, 0.29) is 21.9 Å². The zero-order valence-corrected chi connectivity index (χ0v) is 23.4. The number of benzene rings is 2. The zero-order chi connectivity index (χ0) is 26.8. The predicted octanol–water partition coefficient (Wildman–Crippen LogP) is 5.11. The number of carbonyl (C=O) groups is 1. The molecule has 0 spiro atoms. The molecule has 0 fully saturated rings. The Morgan fingerprint density at radius 2 is 1.92 bits per heavy atom. The van der Waals surface area contributed by atoms with Gasteiger partial charge in [-0.15, -0.1) is 0 Å². The van der Waals surface area contributed by atoms with Gasteiger partial charge in [0.05, 0.1) is 11.8 Å². The van der Waals surface area contributed by atoms with Gasteiger partial charge in [0.2, 0.25) is 5.91 Å². The van der Waals surface area contributed by atoms with Gasteiger partial charge in [-0.3, -0.25) is 9.59 Å². The molecule has 2 aromatic carbocycles. The van der Waals surface area contributed by atoms with E-state index in [1.165, 1.54) is 5.56 Å². The van der Waals surface area contributed by atoms with Crippen LogP contribution in [-0.2, 0) is 17.6 Å². The highest BCUT2D eigenvalue weighted by atomic mass is 32.1. The molecule has 1 aromatic heterocycles. The van der Waals surface area contributed by atoms with Crippen molar-refractivity contribution >= 4 is 27.5 Å². The number of phenols is 1. The van der Waals surface area contributed by atoms with E-state index in [0.29, 0.717) is 18.5 Å². The van der Waals surface area contributed by atoms with Gasteiger partial charge < -0.3 is 25.0 Å². The van der Waals surface area contributed by atoms with Gasteiger partial charge in [0.1, 0.15) is 17.0 Å². The molecule has 0 aliphatic carbocycles. The molecule has 0 radical (unpaired) electrons. The van der Waals surface area contributed by atoms with Gasteiger partial charge in [-0.2, -0.15) is 0 Å². The summed E-state index contributed by atoms with van der Waals surface area (Å²) in [5.74, 6) is 1.17. The first kappa shape index (κ1) is 28.7. The lowest BCUT2D eigenvalue weighted by Crippen LogP contribution is -2.39. The molecule has 3 rings (SSSR count). The first-order valence-corrected chi connectivity index (χ1v) is 13.9. The van der Waals surface area contributed by atoms with Crippen molar-refractivity contribution in [3.05, 3.63) is 57.2 Å². The van der Waals surface area contributed by atoms with E-state index in [0.717, 1.165) is 79.1 Å². The van der Waals surface area contributed by atoms with E-state index in [4.69, 9.17) is 4.74 Å². The maximum absolute atomic E-state index is 13.0. The summed E-state index contributed by atoms with van der Waals surface area (Å²) in [5, 5.41) is 13.4. The number of carbonyl (C=O) groups excluding carboxylic acids is 1. The van der Waals surface area contributed by atoms with Crippen LogP contribution in [-0.4, -0.2) is 54.2 Å². The minimum absolute atomic E-state index is 0.0405. The van der Waals surface area contributed by atoms with Crippen LogP contribution in [0.25, 0.3) is 10.2 Å². The molecule has 0 aliphatic heterocycles. The van der Waals surface area contributed by atoms with E-state index in [2.05, 4.69) is 37.1 Å². The van der Waals surface area contributed by atoms with E-state index in [1.807, 2.05) is 29.2 Å². The van der Waals surface area contributed by atoms with Gasteiger partial charge in [-0.1, -0.05) is 56.7 Å². The zero-order valence-electron chi connectivity index (χ0n) is 22.6. The molecule has 7 nitrogen and oxygen atoms in total. The van der Waals surface area contributed by atoms with Crippen molar-refractivity contribution < 1.29 is 14.6 Å². The second kappa shape index (κ2) is 13.6. The molecular formula is C29H41N3O4S. The number of methoxy groups -OCH3 is 1. The number of aromatic nitrogens is 1. The van der Waals surface area contributed by atoms with Gasteiger partial charge in [-0.05, 0) is 67.0 Å². The fourth-order valence-corrected chi connectivity index (χ4v) is 5.37. The molecule has 8 heteroatoms. The van der Waals surface area contributed by atoms with Crippen molar-refractivity contribution in [3.8, 4) is 11.5 Å². The minimum atomic E-state index is -0.149. The summed E-state index contributed by atoms with van der Waals surface area (Å²) < 4.78 is 6.12. The Bertz CT molecular complexity index is 1210. The van der Waals surface area contributed by atoms with E-state index < -0.39 is 0 Å². The predicted molar refractivity (Wildman–Crippen MR) is 152 cm³/mol. The normalized spacial score (nSPS) is 11.7. The van der Waals surface area contributed by atoms with Crippen molar-refractivity contribution in [1.82, 2.24) is 15.2 Å². The molecular weight excluding hydrogens is 486 g/mol. The van der Waals surface area contributed by atoms with Crippen molar-refractivity contribution in [1.29, 1.82) is 0 Å². The largest absolute Gasteiger partial charge is 0.506 e. The first-order chi connectivity index (χ1) is 17.7. The average Bonchev–Trinajstić information content (AvgIpc) is 3.26. The van der Waals surface area contributed by atoms with Crippen LogP contribution in [0.5, 0.6) is 11.5 Å². The van der Waals surface area contributed by atoms with Crippen molar-refractivity contribution in [2.24, 2.45) is 5.41 Å². The number of unbranched alkanes of at least 4 members (excludes halogenated alkanes) is 2. The number of hydrogen-bond acceptors (Lipinski definition) is 6. The summed E-state index contributed by atoms with van der Waals surface area (Å²) >= 11 is 1.15. The average molecular weight is 528 g/mol. The summed E-state index contributed by atoms with van der Waals surface area (Å²) in [6.45, 7) is 9.47. The van der Waals surface area contributed by atoms with Crippen LogP contribution in [0.4, 0.5) is 0 Å². The number of aryl methyl sites for hydroxylation is 1. The Hall–Kier alpha value is -2.84. The fraction of sp³-hybridized carbons (Fsp3) is 0.517. The Kier molecular flexibility index (Phi) is 10.6. The number of fused-ring (bicyclic) bond motifs is 1. The van der Waals surface area contributed by atoms with Crippen LogP contribution in [0.1, 0.15) is 57.6 Å². The highest BCUT2D eigenvalue weighted by molar-refractivity contribution is 7.16. The molecule has 1 heterocycles. The number of nitrogens with zero attached hydrogens (tertiary/aromatic N) is 1. The van der Waals surface area contributed by atoms with Crippen LogP contribution in [0, 0.1) is 5.41 Å². The van der Waals surface area contributed by atoms with Crippen molar-refractivity contribution in [2.75, 3.05) is 33.3 Å². The van der Waals surface area contributed by atoms with Crippen LogP contribution < -0.4 is 14.9 Å². The number of ether oxygens (including phenoxy) is 1. The van der Waals surface area contributed by atoms with Gasteiger partial charge >= 0.3 is 4.87 Å². The number of H-pyrrole nitrogens is 1. The first-order valence-electron chi connectivity index (χ1n) is 13.1. The molecule has 0 unspecified atom stereocenters. The Morgan fingerprint density at radius 3 is 2.68 bits per heavy atom. The third kappa shape index (κ3) is 9.20. The smallest absolute Gasteiger partial charge is 0.305 e. The molecule has 0 atom stereocenters. The summed E-state index contributed by atoms with van der Waals surface area (Å²) in [6.07, 6.45) is 5.13. The van der Waals surface area contributed by atoms with E-state index in [1.54, 1.807) is 13.2 Å². The summed E-state index contributed by atoms with van der Waals surface area (Å²) in [6, 6.07) is 11.6. The lowest BCUT2D eigenvalue weighted by molar-refractivity contribution is -0.132. The standard InChI is InChI=1S/C29H41N3O4S/c1-29(2,3)20-32(25(34)15-17-30-16-14-21-9-8-11-23(19-21)36-4)18-7-5-6-10-22-12-13-24(33)26-27(22)37-28(35)31-26/h8-9,11-13,19,30,33H,5-7,10,14-18,20H2,1-4H3,(H,31,35). The Morgan fingerprint density at radius 1 is 1.11 bits per heavy atom. The molecule has 3 aromatic rings. The molecule has 0 aliphatic rings. The van der Waals surface area contributed by atoms with Gasteiger partial charge in [0, 0.05) is 26.1 Å². The third-order valence-electron chi connectivity index (χ3n) is 6.27. The Labute approximate surface area is 223 Å². The summed E-state index contributed by atoms with van der Waals surface area (Å²) in [5.41, 5.74) is 2.87. The number of nitrogens with one attached hydrogen (secondary N) is 2. The van der Waals surface area contributed by atoms with Crippen molar-refractivity contribution in [2.45, 2.75) is 59.3 Å². The second-order valence-electron chi connectivity index (χ2n) is 10.8. The molecule has 37 heavy (non-hydrogen) atoms. The highest BCUT2D eigenvalue weighted by Gasteiger charge is 2.20. The van der Waals surface area contributed by atoms with Gasteiger partial charge in [0.15, 0.2) is 0 Å². The minimum Gasteiger partial charge on any atom is -0.506 e. The van der Waals surface area contributed by atoms with Crippen LogP contribution in [0.3, 0.4) is 0 Å². The maximum Gasteiger partial charge on any atom is 0.305 e. The SMILES string of the molecule is COc1cccc(CCNCCC(=O)N(CCCCCc2ccc(O)c3[nH]c(=O)sc23)CC(C)(C)C)c1. The van der Waals surface area contributed by atoms with Crippen LogP contribution >= 0.6 is 11.3 Å². The molecule has 202 valence electrons. The number of aromatic amines is 1. The molecule has 0 saturated heterocycles. The Balaban J connectivity index is 1.41. The van der Waals surface area contributed by atoms with Crippen molar-refractivity contribution in [3.63, 3.8) is 0 Å². The van der Waals surface area contributed by atoms with Crippen LogP contribution in [0.2, 0.25) is 0 Å². The number of thiazole rings is 1. The number of rotatable bonds is 14. The monoisotopic (exact) mass is 527 g/mol. The quantitative estimate of drug-likeness (QED) is 0.253. The number of hydrogen-bond donors (Lipinski definition) is 3. The highest BCUT2D eigenvalue weighted by Crippen LogP contribution is 2.28. The summed E-state index contributed by atoms with van der Waals surface area (Å²) in [7, 11) is 1.67. The van der Waals surface area contributed by atoms with Crippen LogP contribution in [0.15, 0.2) is 41.2 Å². The fourth-order valence-electron chi connectivity index (χ4n) is 4.47. The van der Waals surface area contributed by atoms with Gasteiger partial charge in [0.25, 0.3) is 0 Å². The third-order valence-corrected chi connectivity index (χ3v) is 7.23.